The lowest BCUT2D eigenvalue weighted by Crippen LogP contribution is -2.32. The van der Waals surface area contributed by atoms with Gasteiger partial charge in [0.1, 0.15) is 5.82 Å². The Morgan fingerprint density at radius 1 is 1.11 bits per heavy atom. The summed E-state index contributed by atoms with van der Waals surface area (Å²) in [5.74, 6) is -2.32. The van der Waals surface area contributed by atoms with Gasteiger partial charge in [0.2, 0.25) is 0 Å². The topological polar surface area (TPSA) is 57.6 Å². The number of aromatic carboxylic acids is 1. The van der Waals surface area contributed by atoms with Crippen LogP contribution in [0.25, 0.3) is 0 Å². The standard InChI is InChI=1S/C14H16FNO3/c15-12-9-10(14(18)19)5-6-11(12)13(17)16-7-3-1-2-4-8-16/h5-6,9H,1-4,7-8H2,(H,18,19). The zero-order valence-electron chi connectivity index (χ0n) is 10.6. The molecule has 0 aliphatic carbocycles. The number of benzene rings is 1. The third-order valence-electron chi connectivity index (χ3n) is 3.34. The summed E-state index contributed by atoms with van der Waals surface area (Å²) in [6.45, 7) is 1.28. The third-order valence-corrected chi connectivity index (χ3v) is 3.34. The van der Waals surface area contributed by atoms with E-state index >= 15 is 0 Å². The van der Waals surface area contributed by atoms with Crippen molar-refractivity contribution in [3.63, 3.8) is 0 Å². The van der Waals surface area contributed by atoms with Crippen molar-refractivity contribution in [2.75, 3.05) is 13.1 Å². The van der Waals surface area contributed by atoms with Crippen molar-refractivity contribution < 1.29 is 19.1 Å². The van der Waals surface area contributed by atoms with Crippen molar-refractivity contribution in [3.8, 4) is 0 Å². The van der Waals surface area contributed by atoms with Crippen LogP contribution < -0.4 is 0 Å². The maximum Gasteiger partial charge on any atom is 0.335 e. The molecule has 1 aliphatic rings. The lowest BCUT2D eigenvalue weighted by Gasteiger charge is -2.20. The van der Waals surface area contributed by atoms with E-state index < -0.39 is 11.8 Å². The monoisotopic (exact) mass is 265 g/mol. The number of amides is 1. The van der Waals surface area contributed by atoms with Gasteiger partial charge in [-0.2, -0.15) is 0 Å². The van der Waals surface area contributed by atoms with Crippen LogP contribution in [0.4, 0.5) is 4.39 Å². The number of carboxylic acids is 1. The third kappa shape index (κ3) is 3.10. The Kier molecular flexibility index (Phi) is 4.14. The molecule has 0 unspecified atom stereocenters. The molecular formula is C14H16FNO3. The van der Waals surface area contributed by atoms with Crippen molar-refractivity contribution in [2.45, 2.75) is 25.7 Å². The molecule has 1 aromatic carbocycles. The highest BCUT2D eigenvalue weighted by Gasteiger charge is 2.21. The van der Waals surface area contributed by atoms with Crippen LogP contribution in [0.1, 0.15) is 46.4 Å². The predicted molar refractivity (Wildman–Crippen MR) is 67.7 cm³/mol. The van der Waals surface area contributed by atoms with Gasteiger partial charge in [-0.25, -0.2) is 9.18 Å². The molecule has 1 amide bonds. The first kappa shape index (κ1) is 13.5. The summed E-state index contributed by atoms with van der Waals surface area (Å²) >= 11 is 0. The van der Waals surface area contributed by atoms with E-state index in [4.69, 9.17) is 5.11 Å². The van der Waals surface area contributed by atoms with Crippen LogP contribution in [0.2, 0.25) is 0 Å². The molecule has 5 heteroatoms. The highest BCUT2D eigenvalue weighted by molar-refractivity contribution is 5.96. The molecule has 0 radical (unpaired) electrons. The molecule has 1 aliphatic heterocycles. The Hall–Kier alpha value is -1.91. The van der Waals surface area contributed by atoms with E-state index in [1.54, 1.807) is 4.90 Å². The first-order chi connectivity index (χ1) is 9.09. The van der Waals surface area contributed by atoms with E-state index in [0.29, 0.717) is 13.1 Å². The normalized spacial score (nSPS) is 15.9. The zero-order chi connectivity index (χ0) is 13.8. The average Bonchev–Trinajstić information content (AvgIpc) is 2.66. The molecule has 0 bridgehead atoms. The number of likely N-dealkylation sites (tertiary alicyclic amines) is 1. The molecule has 1 heterocycles. The number of rotatable bonds is 2. The van der Waals surface area contributed by atoms with E-state index in [-0.39, 0.29) is 17.0 Å². The number of hydrogen-bond acceptors (Lipinski definition) is 2. The summed E-state index contributed by atoms with van der Waals surface area (Å²) < 4.78 is 13.8. The van der Waals surface area contributed by atoms with Crippen LogP contribution in [0.15, 0.2) is 18.2 Å². The number of carbonyl (C=O) groups excluding carboxylic acids is 1. The van der Waals surface area contributed by atoms with Gasteiger partial charge in [-0.15, -0.1) is 0 Å². The first-order valence-electron chi connectivity index (χ1n) is 6.41. The second-order valence-corrected chi connectivity index (χ2v) is 4.71. The summed E-state index contributed by atoms with van der Waals surface area (Å²) in [6, 6.07) is 3.41. The number of nitrogens with zero attached hydrogens (tertiary/aromatic N) is 1. The summed E-state index contributed by atoms with van der Waals surface area (Å²) in [5.41, 5.74) is -0.197. The molecule has 1 saturated heterocycles. The van der Waals surface area contributed by atoms with Crippen LogP contribution in [-0.4, -0.2) is 35.0 Å². The van der Waals surface area contributed by atoms with Gasteiger partial charge < -0.3 is 10.0 Å². The summed E-state index contributed by atoms with van der Waals surface area (Å²) in [7, 11) is 0. The van der Waals surface area contributed by atoms with E-state index in [1.807, 2.05) is 0 Å². The highest BCUT2D eigenvalue weighted by Crippen LogP contribution is 2.16. The van der Waals surface area contributed by atoms with Crippen LogP contribution in [-0.2, 0) is 0 Å². The molecule has 0 saturated carbocycles. The van der Waals surface area contributed by atoms with Gasteiger partial charge in [0.05, 0.1) is 11.1 Å². The lowest BCUT2D eigenvalue weighted by atomic mass is 10.1. The van der Waals surface area contributed by atoms with E-state index in [2.05, 4.69) is 0 Å². The Bertz CT molecular complexity index is 493. The minimum absolute atomic E-state index is 0.0492. The molecule has 0 atom stereocenters. The first-order valence-corrected chi connectivity index (χ1v) is 6.41. The molecule has 1 aromatic rings. The van der Waals surface area contributed by atoms with Gasteiger partial charge in [0.15, 0.2) is 0 Å². The highest BCUT2D eigenvalue weighted by atomic mass is 19.1. The number of hydrogen-bond donors (Lipinski definition) is 1. The number of carboxylic acid groups (broad SMARTS) is 1. The largest absolute Gasteiger partial charge is 0.478 e. The van der Waals surface area contributed by atoms with Gasteiger partial charge in [-0.3, -0.25) is 4.79 Å². The maximum atomic E-state index is 13.8. The van der Waals surface area contributed by atoms with E-state index in [1.165, 1.54) is 12.1 Å². The van der Waals surface area contributed by atoms with Crippen molar-refractivity contribution in [1.82, 2.24) is 4.90 Å². The van der Waals surface area contributed by atoms with Gasteiger partial charge in [-0.05, 0) is 31.0 Å². The number of carbonyl (C=O) groups is 2. The summed E-state index contributed by atoms with van der Waals surface area (Å²) in [6.07, 6.45) is 4.04. The summed E-state index contributed by atoms with van der Waals surface area (Å²) in [4.78, 5) is 24.6. The molecule has 0 spiro atoms. The van der Waals surface area contributed by atoms with Crippen LogP contribution in [0, 0.1) is 5.82 Å². The average molecular weight is 265 g/mol. The minimum Gasteiger partial charge on any atom is -0.478 e. The molecule has 1 fully saturated rings. The van der Waals surface area contributed by atoms with Crippen LogP contribution >= 0.6 is 0 Å². The van der Waals surface area contributed by atoms with Gasteiger partial charge in [0.25, 0.3) is 5.91 Å². The molecule has 102 valence electrons. The van der Waals surface area contributed by atoms with Crippen molar-refractivity contribution >= 4 is 11.9 Å². The summed E-state index contributed by atoms with van der Waals surface area (Å²) in [5, 5.41) is 8.76. The molecular weight excluding hydrogens is 249 g/mol. The SMILES string of the molecule is O=C(O)c1ccc(C(=O)N2CCCCCC2)c(F)c1. The van der Waals surface area contributed by atoms with E-state index in [0.717, 1.165) is 31.7 Å². The quantitative estimate of drug-likeness (QED) is 0.894. The Morgan fingerprint density at radius 2 is 1.74 bits per heavy atom. The molecule has 1 N–H and O–H groups in total. The Balaban J connectivity index is 2.20. The fraction of sp³-hybridized carbons (Fsp3) is 0.429. The van der Waals surface area contributed by atoms with Crippen LogP contribution in [0.3, 0.4) is 0 Å². The minimum atomic E-state index is -1.20. The smallest absolute Gasteiger partial charge is 0.335 e. The zero-order valence-corrected chi connectivity index (χ0v) is 10.6. The van der Waals surface area contributed by atoms with Gasteiger partial charge in [-0.1, -0.05) is 12.8 Å². The predicted octanol–water partition coefficient (Wildman–Crippen LogP) is 2.54. The fourth-order valence-corrected chi connectivity index (χ4v) is 2.27. The molecule has 2 rings (SSSR count). The van der Waals surface area contributed by atoms with Crippen molar-refractivity contribution in [2.24, 2.45) is 0 Å². The fourth-order valence-electron chi connectivity index (χ4n) is 2.27. The Morgan fingerprint density at radius 3 is 2.26 bits per heavy atom. The van der Waals surface area contributed by atoms with Crippen molar-refractivity contribution in [1.29, 1.82) is 0 Å². The second-order valence-electron chi connectivity index (χ2n) is 4.71. The van der Waals surface area contributed by atoms with E-state index in [9.17, 15) is 14.0 Å². The Labute approximate surface area is 110 Å². The van der Waals surface area contributed by atoms with Crippen molar-refractivity contribution in [3.05, 3.63) is 35.1 Å². The molecule has 4 nitrogen and oxygen atoms in total. The van der Waals surface area contributed by atoms with Gasteiger partial charge >= 0.3 is 5.97 Å². The lowest BCUT2D eigenvalue weighted by molar-refractivity contribution is 0.0692. The maximum absolute atomic E-state index is 13.8. The van der Waals surface area contributed by atoms with Gasteiger partial charge in [0, 0.05) is 13.1 Å². The second kappa shape index (κ2) is 5.82. The molecule has 0 aromatic heterocycles. The molecule has 19 heavy (non-hydrogen) atoms. The number of halogens is 1. The van der Waals surface area contributed by atoms with Crippen LogP contribution in [0.5, 0.6) is 0 Å².